The van der Waals surface area contributed by atoms with Crippen LogP contribution in [0.3, 0.4) is 0 Å². The van der Waals surface area contributed by atoms with E-state index in [1.54, 1.807) is 6.20 Å². The minimum absolute atomic E-state index is 0.208. The molecule has 2 aromatic heterocycles. The summed E-state index contributed by atoms with van der Waals surface area (Å²) in [5.41, 5.74) is 0.728. The smallest absolute Gasteiger partial charge is 0.243 e. The topological polar surface area (TPSA) is 79.3 Å². The maximum atomic E-state index is 13.4. The number of aromatic nitrogens is 3. The molecule has 0 saturated carbocycles. The molecule has 1 aliphatic heterocycles. The Balaban J connectivity index is 1.46. The molecule has 0 N–H and O–H groups in total. The predicted molar refractivity (Wildman–Crippen MR) is 100 cm³/mol. The van der Waals surface area contributed by atoms with Crippen molar-refractivity contribution in [3.8, 4) is 10.7 Å². The lowest BCUT2D eigenvalue weighted by Gasteiger charge is -2.33. The number of sulfonamides is 1. The summed E-state index contributed by atoms with van der Waals surface area (Å²) in [6, 6.07) is 8.13. The van der Waals surface area contributed by atoms with Gasteiger partial charge in [-0.25, -0.2) is 17.2 Å². The summed E-state index contributed by atoms with van der Waals surface area (Å²) in [7, 11) is -3.89. The molecule has 7 nitrogen and oxygen atoms in total. The Morgan fingerprint density at radius 3 is 2.43 bits per heavy atom. The first kappa shape index (κ1) is 18.8. The molecule has 11 heteroatoms. The van der Waals surface area contributed by atoms with Gasteiger partial charge in [0.1, 0.15) is 5.69 Å². The fourth-order valence-electron chi connectivity index (χ4n) is 2.84. The van der Waals surface area contributed by atoms with E-state index in [0.717, 1.165) is 17.8 Å². The zero-order valence-electron chi connectivity index (χ0n) is 14.5. The van der Waals surface area contributed by atoms with Crippen LogP contribution in [0.1, 0.15) is 0 Å². The SMILES string of the molecule is O=S(=O)(c1ccc(F)c(F)c1)N1CCN(c2nnc(-c3ccccn3)s2)CC1. The summed E-state index contributed by atoms with van der Waals surface area (Å²) in [4.78, 5) is 5.93. The molecule has 0 aliphatic carbocycles. The molecule has 1 fully saturated rings. The second-order valence-electron chi connectivity index (χ2n) is 6.07. The molecule has 1 aliphatic rings. The molecule has 1 saturated heterocycles. The third-order valence-corrected chi connectivity index (χ3v) is 7.24. The van der Waals surface area contributed by atoms with Gasteiger partial charge in [0.15, 0.2) is 16.6 Å². The van der Waals surface area contributed by atoms with Crippen molar-refractivity contribution in [1.82, 2.24) is 19.5 Å². The van der Waals surface area contributed by atoms with E-state index in [-0.39, 0.29) is 18.0 Å². The number of benzene rings is 1. The summed E-state index contributed by atoms with van der Waals surface area (Å²) < 4.78 is 53.1. The van der Waals surface area contributed by atoms with Crippen LogP contribution in [0, 0.1) is 11.6 Å². The summed E-state index contributed by atoms with van der Waals surface area (Å²) in [5, 5.41) is 9.70. The van der Waals surface area contributed by atoms with Crippen LogP contribution in [0.5, 0.6) is 0 Å². The van der Waals surface area contributed by atoms with Gasteiger partial charge >= 0.3 is 0 Å². The van der Waals surface area contributed by atoms with Crippen molar-refractivity contribution in [3.63, 3.8) is 0 Å². The van der Waals surface area contributed by atoms with Crippen molar-refractivity contribution >= 4 is 26.5 Å². The zero-order valence-corrected chi connectivity index (χ0v) is 16.1. The lowest BCUT2D eigenvalue weighted by molar-refractivity contribution is 0.384. The highest BCUT2D eigenvalue weighted by Crippen LogP contribution is 2.28. The molecule has 0 spiro atoms. The van der Waals surface area contributed by atoms with E-state index in [0.29, 0.717) is 29.3 Å². The Hall–Kier alpha value is -2.50. The second-order valence-corrected chi connectivity index (χ2v) is 8.97. The fraction of sp³-hybridized carbons (Fsp3) is 0.235. The first-order chi connectivity index (χ1) is 13.4. The van der Waals surface area contributed by atoms with Gasteiger partial charge in [-0.2, -0.15) is 4.31 Å². The van der Waals surface area contributed by atoms with Gasteiger partial charge in [0.2, 0.25) is 15.2 Å². The number of nitrogens with zero attached hydrogens (tertiary/aromatic N) is 5. The Morgan fingerprint density at radius 1 is 0.964 bits per heavy atom. The van der Waals surface area contributed by atoms with E-state index in [1.165, 1.54) is 15.6 Å². The van der Waals surface area contributed by atoms with Crippen LogP contribution in [0.15, 0.2) is 47.5 Å². The molecule has 0 bridgehead atoms. The van der Waals surface area contributed by atoms with E-state index in [2.05, 4.69) is 15.2 Å². The zero-order chi connectivity index (χ0) is 19.7. The summed E-state index contributed by atoms with van der Waals surface area (Å²) in [5.74, 6) is -2.26. The highest BCUT2D eigenvalue weighted by molar-refractivity contribution is 7.89. The number of halogens is 2. The number of hydrogen-bond acceptors (Lipinski definition) is 7. The van der Waals surface area contributed by atoms with Gasteiger partial charge in [-0.1, -0.05) is 17.4 Å². The Labute approximate surface area is 164 Å². The van der Waals surface area contributed by atoms with Gasteiger partial charge in [0.05, 0.1) is 4.90 Å². The minimum atomic E-state index is -3.89. The highest BCUT2D eigenvalue weighted by Gasteiger charge is 2.30. The molecule has 0 amide bonds. The monoisotopic (exact) mass is 423 g/mol. The lowest BCUT2D eigenvalue weighted by Crippen LogP contribution is -2.48. The quantitative estimate of drug-likeness (QED) is 0.641. The van der Waals surface area contributed by atoms with Crippen molar-refractivity contribution in [2.45, 2.75) is 4.90 Å². The first-order valence-electron chi connectivity index (χ1n) is 8.40. The summed E-state index contributed by atoms with van der Waals surface area (Å²) >= 11 is 1.38. The third-order valence-electron chi connectivity index (χ3n) is 4.34. The molecular formula is C17H15F2N5O2S2. The van der Waals surface area contributed by atoms with Gasteiger partial charge < -0.3 is 4.90 Å². The van der Waals surface area contributed by atoms with E-state index in [1.807, 2.05) is 23.1 Å². The predicted octanol–water partition coefficient (Wildman–Crippen LogP) is 2.39. The van der Waals surface area contributed by atoms with Crippen LogP contribution in [0.4, 0.5) is 13.9 Å². The summed E-state index contributed by atoms with van der Waals surface area (Å²) in [6.07, 6.45) is 1.68. The van der Waals surface area contributed by atoms with Crippen molar-refractivity contribution in [3.05, 3.63) is 54.2 Å². The maximum absolute atomic E-state index is 13.4. The lowest BCUT2D eigenvalue weighted by atomic mass is 10.3. The van der Waals surface area contributed by atoms with Crippen molar-refractivity contribution in [1.29, 1.82) is 0 Å². The van der Waals surface area contributed by atoms with Crippen LogP contribution in [0.25, 0.3) is 10.7 Å². The standard InChI is InChI=1S/C17H15F2N5O2S2/c18-13-5-4-12(11-14(13)19)28(25,26)24-9-7-23(8-10-24)17-22-21-16(27-17)15-3-1-2-6-20-15/h1-6,11H,7-10H2. The van der Waals surface area contributed by atoms with E-state index < -0.39 is 21.7 Å². The Morgan fingerprint density at radius 2 is 1.75 bits per heavy atom. The molecule has 28 heavy (non-hydrogen) atoms. The average Bonchev–Trinajstić information content (AvgIpc) is 3.21. The van der Waals surface area contributed by atoms with Gasteiger partial charge in [0, 0.05) is 32.4 Å². The van der Waals surface area contributed by atoms with Crippen molar-refractivity contribution in [2.24, 2.45) is 0 Å². The maximum Gasteiger partial charge on any atom is 0.243 e. The largest absolute Gasteiger partial charge is 0.344 e. The van der Waals surface area contributed by atoms with Gasteiger partial charge in [-0.05, 0) is 30.3 Å². The molecule has 146 valence electrons. The molecular weight excluding hydrogens is 408 g/mol. The molecule has 4 rings (SSSR count). The molecule has 1 aromatic carbocycles. The van der Waals surface area contributed by atoms with Crippen LogP contribution in [0.2, 0.25) is 0 Å². The summed E-state index contributed by atoms with van der Waals surface area (Å²) in [6.45, 7) is 1.25. The van der Waals surface area contributed by atoms with E-state index >= 15 is 0 Å². The average molecular weight is 423 g/mol. The van der Waals surface area contributed by atoms with Gasteiger partial charge in [-0.3, -0.25) is 4.98 Å². The van der Waals surface area contributed by atoms with E-state index in [9.17, 15) is 17.2 Å². The Kier molecular flexibility index (Phi) is 5.04. The normalized spacial score (nSPS) is 15.7. The van der Waals surface area contributed by atoms with Crippen molar-refractivity contribution in [2.75, 3.05) is 31.1 Å². The number of rotatable bonds is 4. The van der Waals surface area contributed by atoms with Gasteiger partial charge in [0.25, 0.3) is 0 Å². The minimum Gasteiger partial charge on any atom is -0.344 e. The third kappa shape index (κ3) is 3.60. The van der Waals surface area contributed by atoms with Crippen molar-refractivity contribution < 1.29 is 17.2 Å². The van der Waals surface area contributed by atoms with Crippen LogP contribution >= 0.6 is 11.3 Å². The molecule has 0 unspecified atom stereocenters. The first-order valence-corrected chi connectivity index (χ1v) is 10.7. The number of pyridine rings is 1. The molecule has 3 aromatic rings. The Bertz CT molecular complexity index is 1080. The highest BCUT2D eigenvalue weighted by atomic mass is 32.2. The molecule has 0 radical (unpaired) electrons. The van der Waals surface area contributed by atoms with Crippen LogP contribution in [-0.4, -0.2) is 54.1 Å². The second kappa shape index (κ2) is 7.49. The molecule has 3 heterocycles. The number of anilines is 1. The van der Waals surface area contributed by atoms with Gasteiger partial charge in [-0.15, -0.1) is 10.2 Å². The van der Waals surface area contributed by atoms with E-state index in [4.69, 9.17) is 0 Å². The molecule has 0 atom stereocenters. The van der Waals surface area contributed by atoms with Crippen LogP contribution in [-0.2, 0) is 10.0 Å². The number of hydrogen-bond donors (Lipinski definition) is 0. The number of piperazine rings is 1. The fourth-order valence-corrected chi connectivity index (χ4v) is 5.15. The van der Waals surface area contributed by atoms with Crippen LogP contribution < -0.4 is 4.90 Å².